The Morgan fingerprint density at radius 1 is 1.50 bits per heavy atom. The summed E-state index contributed by atoms with van der Waals surface area (Å²) in [5.41, 5.74) is 6.50. The molecule has 0 aromatic heterocycles. The molecule has 18 heavy (non-hydrogen) atoms. The molecule has 0 aliphatic heterocycles. The lowest BCUT2D eigenvalue weighted by molar-refractivity contribution is -0.143. The summed E-state index contributed by atoms with van der Waals surface area (Å²) in [5, 5.41) is 9.58. The first-order chi connectivity index (χ1) is 8.08. The van der Waals surface area contributed by atoms with E-state index < -0.39 is 6.04 Å². The molecule has 0 amide bonds. The maximum Gasteiger partial charge on any atom is 0.307 e. The van der Waals surface area contributed by atoms with Crippen molar-refractivity contribution in [3.05, 3.63) is 23.8 Å². The minimum atomic E-state index is -0.495. The van der Waals surface area contributed by atoms with E-state index in [-0.39, 0.29) is 30.5 Å². The molecule has 1 atom stereocenters. The van der Waals surface area contributed by atoms with Crippen LogP contribution in [0.1, 0.15) is 24.9 Å². The van der Waals surface area contributed by atoms with Crippen LogP contribution in [0.25, 0.3) is 0 Å². The molecule has 102 valence electrons. The molecule has 6 heteroatoms. The third-order valence-corrected chi connectivity index (χ3v) is 2.32. The first-order valence-corrected chi connectivity index (χ1v) is 5.36. The van der Waals surface area contributed by atoms with Gasteiger partial charge in [-0.15, -0.1) is 12.4 Å². The van der Waals surface area contributed by atoms with Gasteiger partial charge in [0.1, 0.15) is 0 Å². The van der Waals surface area contributed by atoms with E-state index in [4.69, 9.17) is 15.2 Å². The molecular weight excluding hydrogens is 258 g/mol. The van der Waals surface area contributed by atoms with Gasteiger partial charge in [0, 0.05) is 6.04 Å². The lowest BCUT2D eigenvalue weighted by Crippen LogP contribution is -2.17. The van der Waals surface area contributed by atoms with Crippen molar-refractivity contribution in [3.63, 3.8) is 0 Å². The quantitative estimate of drug-likeness (QED) is 0.801. The van der Waals surface area contributed by atoms with Crippen molar-refractivity contribution in [2.75, 3.05) is 13.7 Å². The van der Waals surface area contributed by atoms with Crippen LogP contribution in [0.5, 0.6) is 11.5 Å². The van der Waals surface area contributed by atoms with Gasteiger partial charge in [-0.05, 0) is 24.6 Å². The van der Waals surface area contributed by atoms with Gasteiger partial charge in [0.05, 0.1) is 20.1 Å². The van der Waals surface area contributed by atoms with E-state index in [9.17, 15) is 9.90 Å². The van der Waals surface area contributed by atoms with Crippen LogP contribution in [0.15, 0.2) is 18.2 Å². The molecule has 1 rings (SSSR count). The summed E-state index contributed by atoms with van der Waals surface area (Å²) in [7, 11) is 1.47. The second-order valence-corrected chi connectivity index (χ2v) is 3.55. The number of halogens is 1. The number of phenols is 1. The van der Waals surface area contributed by atoms with E-state index in [1.807, 2.05) is 0 Å². The number of benzene rings is 1. The maximum absolute atomic E-state index is 11.2. The fourth-order valence-corrected chi connectivity index (χ4v) is 1.45. The minimum Gasteiger partial charge on any atom is -0.504 e. The summed E-state index contributed by atoms with van der Waals surface area (Å²) in [6.07, 6.45) is 0.0829. The van der Waals surface area contributed by atoms with Crippen LogP contribution in [0, 0.1) is 0 Å². The average Bonchev–Trinajstić information content (AvgIpc) is 2.29. The molecule has 0 saturated carbocycles. The Labute approximate surface area is 112 Å². The topological polar surface area (TPSA) is 81.8 Å². The monoisotopic (exact) mass is 275 g/mol. The third-order valence-electron chi connectivity index (χ3n) is 2.32. The molecule has 0 radical (unpaired) electrons. The molecular formula is C12H18ClNO4. The van der Waals surface area contributed by atoms with Crippen LogP contribution in [-0.4, -0.2) is 24.8 Å². The van der Waals surface area contributed by atoms with Crippen LogP contribution in [0.3, 0.4) is 0 Å². The second-order valence-electron chi connectivity index (χ2n) is 3.55. The van der Waals surface area contributed by atoms with Gasteiger partial charge in [-0.1, -0.05) is 6.07 Å². The van der Waals surface area contributed by atoms with Gasteiger partial charge in [-0.25, -0.2) is 0 Å². The molecule has 0 heterocycles. The predicted octanol–water partition coefficient (Wildman–Crippen LogP) is 1.78. The van der Waals surface area contributed by atoms with Crippen LogP contribution in [0.4, 0.5) is 0 Å². The zero-order valence-corrected chi connectivity index (χ0v) is 11.2. The highest BCUT2D eigenvalue weighted by Crippen LogP contribution is 2.29. The minimum absolute atomic E-state index is 0. The Bertz CT molecular complexity index is 398. The predicted molar refractivity (Wildman–Crippen MR) is 70.1 cm³/mol. The molecule has 0 aliphatic carbocycles. The van der Waals surface area contributed by atoms with Gasteiger partial charge in [-0.3, -0.25) is 4.79 Å². The Morgan fingerprint density at radius 2 is 2.17 bits per heavy atom. The van der Waals surface area contributed by atoms with Crippen molar-refractivity contribution in [1.82, 2.24) is 0 Å². The summed E-state index contributed by atoms with van der Waals surface area (Å²) in [5.74, 6) is 0.0247. The lowest BCUT2D eigenvalue weighted by Gasteiger charge is -2.12. The molecule has 0 bridgehead atoms. The summed E-state index contributed by atoms with van der Waals surface area (Å²) in [6.45, 7) is 2.07. The summed E-state index contributed by atoms with van der Waals surface area (Å²) < 4.78 is 9.72. The van der Waals surface area contributed by atoms with Crippen LogP contribution in [0.2, 0.25) is 0 Å². The molecule has 0 fully saturated rings. The lowest BCUT2D eigenvalue weighted by atomic mass is 10.0. The molecule has 0 saturated heterocycles. The molecule has 0 unspecified atom stereocenters. The first-order valence-electron chi connectivity index (χ1n) is 5.36. The highest BCUT2D eigenvalue weighted by Gasteiger charge is 2.14. The van der Waals surface area contributed by atoms with E-state index in [2.05, 4.69) is 0 Å². The molecule has 1 aromatic rings. The van der Waals surface area contributed by atoms with Gasteiger partial charge in [-0.2, -0.15) is 0 Å². The van der Waals surface area contributed by atoms with Crippen molar-refractivity contribution >= 4 is 18.4 Å². The smallest absolute Gasteiger partial charge is 0.307 e. The van der Waals surface area contributed by atoms with Crippen molar-refractivity contribution < 1.29 is 19.4 Å². The number of methoxy groups -OCH3 is 1. The zero-order chi connectivity index (χ0) is 12.8. The largest absolute Gasteiger partial charge is 0.504 e. The molecule has 0 spiro atoms. The Kier molecular flexibility index (Phi) is 7.16. The molecule has 1 aromatic carbocycles. The van der Waals surface area contributed by atoms with Crippen molar-refractivity contribution in [1.29, 1.82) is 0 Å². The van der Waals surface area contributed by atoms with Gasteiger partial charge in [0.2, 0.25) is 0 Å². The number of carbonyl (C=O) groups excluding carboxylic acids is 1. The fourth-order valence-electron chi connectivity index (χ4n) is 1.45. The van der Waals surface area contributed by atoms with Crippen LogP contribution < -0.4 is 10.5 Å². The number of hydrogen-bond acceptors (Lipinski definition) is 5. The highest BCUT2D eigenvalue weighted by atomic mass is 35.5. The number of esters is 1. The van der Waals surface area contributed by atoms with E-state index in [0.29, 0.717) is 17.9 Å². The van der Waals surface area contributed by atoms with Crippen molar-refractivity contribution in [2.45, 2.75) is 19.4 Å². The Morgan fingerprint density at radius 3 is 2.67 bits per heavy atom. The van der Waals surface area contributed by atoms with E-state index in [1.54, 1.807) is 19.1 Å². The summed E-state index contributed by atoms with van der Waals surface area (Å²) >= 11 is 0. The number of aromatic hydroxyl groups is 1. The number of nitrogens with two attached hydrogens (primary N) is 1. The maximum atomic E-state index is 11.2. The van der Waals surface area contributed by atoms with Crippen molar-refractivity contribution in [3.8, 4) is 11.5 Å². The first kappa shape index (κ1) is 16.5. The Hall–Kier alpha value is -1.46. The molecule has 5 nitrogen and oxygen atoms in total. The fraction of sp³-hybridized carbons (Fsp3) is 0.417. The van der Waals surface area contributed by atoms with Crippen LogP contribution in [-0.2, 0) is 9.53 Å². The van der Waals surface area contributed by atoms with Gasteiger partial charge in [0.15, 0.2) is 11.5 Å². The number of carbonyl (C=O) groups is 1. The summed E-state index contributed by atoms with van der Waals surface area (Å²) in [6, 6.07) is 4.31. The highest BCUT2D eigenvalue weighted by molar-refractivity contribution is 5.85. The van der Waals surface area contributed by atoms with Gasteiger partial charge < -0.3 is 20.3 Å². The van der Waals surface area contributed by atoms with E-state index in [1.165, 1.54) is 13.2 Å². The number of rotatable bonds is 5. The SMILES string of the molecule is CCOC(=O)C[C@H](N)c1ccc(OC)c(O)c1.Cl. The molecule has 0 aliphatic rings. The normalized spacial score (nSPS) is 11.3. The standard InChI is InChI=1S/C12H17NO4.ClH/c1-3-17-12(15)7-9(13)8-4-5-11(16-2)10(14)6-8;/h4-6,9,14H,3,7,13H2,1-2H3;1H/t9-;/m0./s1. The Balaban J connectivity index is 0.00000289. The number of phenolic OH excluding ortho intramolecular Hbond substituents is 1. The van der Waals surface area contributed by atoms with Crippen LogP contribution >= 0.6 is 12.4 Å². The van der Waals surface area contributed by atoms with E-state index >= 15 is 0 Å². The van der Waals surface area contributed by atoms with Gasteiger partial charge >= 0.3 is 5.97 Å². The zero-order valence-electron chi connectivity index (χ0n) is 10.4. The van der Waals surface area contributed by atoms with Crippen molar-refractivity contribution in [2.24, 2.45) is 5.73 Å². The second kappa shape index (κ2) is 7.79. The average molecular weight is 276 g/mol. The third kappa shape index (κ3) is 4.43. The number of hydrogen-bond donors (Lipinski definition) is 2. The number of ether oxygens (including phenoxy) is 2. The summed E-state index contributed by atoms with van der Waals surface area (Å²) in [4.78, 5) is 11.2. The van der Waals surface area contributed by atoms with Gasteiger partial charge in [0.25, 0.3) is 0 Å². The molecule has 3 N–H and O–H groups in total. The van der Waals surface area contributed by atoms with E-state index in [0.717, 1.165) is 0 Å².